The summed E-state index contributed by atoms with van der Waals surface area (Å²) in [5.74, 6) is 1.81. The van der Waals surface area contributed by atoms with Crippen LogP contribution < -0.4 is 20.5 Å². The highest BCUT2D eigenvalue weighted by atomic mass is 16.5. The summed E-state index contributed by atoms with van der Waals surface area (Å²) in [5, 5.41) is 7.78. The van der Waals surface area contributed by atoms with Gasteiger partial charge in [-0.25, -0.2) is 9.67 Å². The number of aryl methyl sites for hydroxylation is 1. The highest BCUT2D eigenvalue weighted by molar-refractivity contribution is 5.92. The molecule has 7 heteroatoms. The van der Waals surface area contributed by atoms with Gasteiger partial charge in [0.05, 0.1) is 31.1 Å². The summed E-state index contributed by atoms with van der Waals surface area (Å²) >= 11 is 0. The molecule has 7 nitrogen and oxygen atoms in total. The van der Waals surface area contributed by atoms with Crippen molar-refractivity contribution in [1.82, 2.24) is 9.78 Å². The van der Waals surface area contributed by atoms with Crippen molar-refractivity contribution < 1.29 is 9.47 Å². The molecule has 0 unspecified atom stereocenters. The number of aliphatic imine (C=N–C) groups is 1. The highest BCUT2D eigenvalue weighted by Crippen LogP contribution is 2.32. The maximum absolute atomic E-state index is 6.12. The van der Waals surface area contributed by atoms with E-state index in [1.54, 1.807) is 0 Å². The molecule has 0 radical (unpaired) electrons. The second-order valence-electron chi connectivity index (χ2n) is 6.94. The zero-order valence-electron chi connectivity index (χ0n) is 16.7. The Morgan fingerprint density at radius 3 is 2.66 bits per heavy atom. The number of para-hydroxylation sites is 1. The Hall–Kier alpha value is -3.48. The van der Waals surface area contributed by atoms with Gasteiger partial charge in [0.2, 0.25) is 0 Å². The second-order valence-corrected chi connectivity index (χ2v) is 6.94. The Balaban J connectivity index is 1.48. The number of anilines is 1. The molecule has 0 amide bonds. The lowest BCUT2D eigenvalue weighted by Crippen LogP contribution is -2.22. The quantitative estimate of drug-likeness (QED) is 0.524. The molecular formula is C22H25N5O2. The molecule has 3 aromatic rings. The van der Waals surface area contributed by atoms with Gasteiger partial charge in [-0.2, -0.15) is 5.10 Å². The van der Waals surface area contributed by atoms with Crippen molar-refractivity contribution in [1.29, 1.82) is 0 Å². The number of benzene rings is 2. The molecular weight excluding hydrogens is 366 g/mol. The average molecular weight is 391 g/mol. The lowest BCUT2D eigenvalue weighted by Gasteiger charge is -2.11. The van der Waals surface area contributed by atoms with E-state index < -0.39 is 0 Å². The minimum atomic E-state index is 0.339. The Morgan fingerprint density at radius 1 is 1.10 bits per heavy atom. The van der Waals surface area contributed by atoms with E-state index in [1.165, 1.54) is 0 Å². The van der Waals surface area contributed by atoms with E-state index >= 15 is 0 Å². The molecule has 150 valence electrons. The summed E-state index contributed by atoms with van der Waals surface area (Å²) < 4.78 is 13.3. The number of guanidine groups is 1. The summed E-state index contributed by atoms with van der Waals surface area (Å²) in [5.41, 5.74) is 11.0. The summed E-state index contributed by atoms with van der Waals surface area (Å²) in [4.78, 5) is 4.51. The van der Waals surface area contributed by atoms with Crippen LogP contribution in [0.4, 0.5) is 5.69 Å². The SMILES string of the molecule is Cc1nn(-c2ccccc2)c(C)c1CN=C(N)Nc1ccc2c(c1)OCCCO2. The topological polar surface area (TPSA) is 86.7 Å². The van der Waals surface area contributed by atoms with Crippen LogP contribution in [0.3, 0.4) is 0 Å². The summed E-state index contributed by atoms with van der Waals surface area (Å²) in [6, 6.07) is 15.7. The van der Waals surface area contributed by atoms with Gasteiger partial charge >= 0.3 is 0 Å². The maximum atomic E-state index is 6.12. The Bertz CT molecular complexity index is 1030. The van der Waals surface area contributed by atoms with E-state index in [2.05, 4.69) is 15.4 Å². The first-order valence-corrected chi connectivity index (χ1v) is 9.69. The van der Waals surface area contributed by atoms with Gasteiger partial charge in [0.15, 0.2) is 17.5 Å². The number of hydrogen-bond donors (Lipinski definition) is 2. The van der Waals surface area contributed by atoms with Gasteiger partial charge in [-0.1, -0.05) is 18.2 Å². The molecule has 0 bridgehead atoms. The van der Waals surface area contributed by atoms with Gasteiger partial charge in [-0.15, -0.1) is 0 Å². The van der Waals surface area contributed by atoms with E-state index in [4.69, 9.17) is 15.2 Å². The molecule has 0 spiro atoms. The van der Waals surface area contributed by atoms with E-state index in [-0.39, 0.29) is 0 Å². The monoisotopic (exact) mass is 391 g/mol. The Kier molecular flexibility index (Phi) is 5.37. The van der Waals surface area contributed by atoms with Crippen LogP contribution in [0.5, 0.6) is 11.5 Å². The highest BCUT2D eigenvalue weighted by Gasteiger charge is 2.13. The minimum Gasteiger partial charge on any atom is -0.490 e. The third-order valence-corrected chi connectivity index (χ3v) is 4.87. The van der Waals surface area contributed by atoms with Crippen LogP contribution in [0.25, 0.3) is 5.69 Å². The van der Waals surface area contributed by atoms with Crippen LogP contribution in [0.15, 0.2) is 53.5 Å². The van der Waals surface area contributed by atoms with Crippen LogP contribution in [-0.2, 0) is 6.54 Å². The largest absolute Gasteiger partial charge is 0.490 e. The van der Waals surface area contributed by atoms with Crippen molar-refractivity contribution in [3.05, 3.63) is 65.5 Å². The fraction of sp³-hybridized carbons (Fsp3) is 0.273. The maximum Gasteiger partial charge on any atom is 0.193 e. The number of ether oxygens (including phenoxy) is 2. The molecule has 1 aliphatic rings. The van der Waals surface area contributed by atoms with E-state index in [1.807, 2.05) is 67.1 Å². The molecule has 0 saturated carbocycles. The normalized spacial score (nSPS) is 13.8. The molecule has 3 N–H and O–H groups in total. The fourth-order valence-electron chi connectivity index (χ4n) is 3.32. The third kappa shape index (κ3) is 4.18. The molecule has 2 aromatic carbocycles. The van der Waals surface area contributed by atoms with Crippen molar-refractivity contribution >= 4 is 11.6 Å². The first kappa shape index (κ1) is 18.9. The Labute approximate surface area is 170 Å². The lowest BCUT2D eigenvalue weighted by molar-refractivity contribution is 0.297. The number of aromatic nitrogens is 2. The van der Waals surface area contributed by atoms with Gasteiger partial charge in [-0.05, 0) is 38.1 Å². The molecule has 1 aromatic heterocycles. The van der Waals surface area contributed by atoms with Crippen LogP contribution in [0.2, 0.25) is 0 Å². The van der Waals surface area contributed by atoms with Crippen LogP contribution in [0, 0.1) is 13.8 Å². The number of nitrogens with zero attached hydrogens (tertiary/aromatic N) is 3. The average Bonchev–Trinajstić information content (AvgIpc) is 2.88. The molecule has 1 aliphatic heterocycles. The predicted octanol–water partition coefficient (Wildman–Crippen LogP) is 3.58. The number of nitrogens with two attached hydrogens (primary N) is 1. The van der Waals surface area contributed by atoms with Gasteiger partial charge < -0.3 is 20.5 Å². The van der Waals surface area contributed by atoms with Crippen LogP contribution in [-0.4, -0.2) is 29.0 Å². The van der Waals surface area contributed by atoms with Crippen LogP contribution >= 0.6 is 0 Å². The number of rotatable bonds is 4. The zero-order valence-corrected chi connectivity index (χ0v) is 16.7. The predicted molar refractivity (Wildman–Crippen MR) is 114 cm³/mol. The van der Waals surface area contributed by atoms with Crippen molar-refractivity contribution in [2.75, 3.05) is 18.5 Å². The standard InChI is InChI=1S/C22H25N5O2/c1-15-19(16(2)27(26-15)18-7-4-3-5-8-18)14-24-22(23)25-17-9-10-20-21(13-17)29-12-6-11-28-20/h3-5,7-10,13H,6,11-12,14H2,1-2H3,(H3,23,24,25). The summed E-state index contributed by atoms with van der Waals surface area (Å²) in [7, 11) is 0. The van der Waals surface area contributed by atoms with Crippen molar-refractivity contribution in [2.45, 2.75) is 26.8 Å². The zero-order chi connectivity index (χ0) is 20.2. The molecule has 29 heavy (non-hydrogen) atoms. The van der Waals surface area contributed by atoms with E-state index in [9.17, 15) is 0 Å². The van der Waals surface area contributed by atoms with E-state index in [0.717, 1.165) is 46.2 Å². The molecule has 0 fully saturated rings. The number of nitrogens with one attached hydrogen (secondary N) is 1. The van der Waals surface area contributed by atoms with Crippen molar-refractivity contribution in [2.24, 2.45) is 10.7 Å². The number of fused-ring (bicyclic) bond motifs is 1. The fourth-order valence-corrected chi connectivity index (χ4v) is 3.32. The summed E-state index contributed by atoms with van der Waals surface area (Å²) in [6.07, 6.45) is 0.871. The summed E-state index contributed by atoms with van der Waals surface area (Å²) in [6.45, 7) is 5.80. The Morgan fingerprint density at radius 2 is 1.86 bits per heavy atom. The first-order chi connectivity index (χ1) is 14.1. The van der Waals surface area contributed by atoms with Gasteiger partial charge in [0.1, 0.15) is 0 Å². The molecule has 0 atom stereocenters. The third-order valence-electron chi connectivity index (χ3n) is 4.87. The van der Waals surface area contributed by atoms with Crippen molar-refractivity contribution in [3.63, 3.8) is 0 Å². The van der Waals surface area contributed by atoms with Gasteiger partial charge in [-0.3, -0.25) is 0 Å². The molecule has 0 aliphatic carbocycles. The van der Waals surface area contributed by atoms with Crippen LogP contribution in [0.1, 0.15) is 23.4 Å². The van der Waals surface area contributed by atoms with E-state index in [0.29, 0.717) is 25.7 Å². The van der Waals surface area contributed by atoms with Gasteiger partial charge in [0, 0.05) is 29.4 Å². The molecule has 2 heterocycles. The lowest BCUT2D eigenvalue weighted by atomic mass is 10.2. The smallest absolute Gasteiger partial charge is 0.193 e. The molecule has 4 rings (SSSR count). The first-order valence-electron chi connectivity index (χ1n) is 9.69. The minimum absolute atomic E-state index is 0.339. The number of hydrogen-bond acceptors (Lipinski definition) is 4. The van der Waals surface area contributed by atoms with Gasteiger partial charge in [0.25, 0.3) is 0 Å². The molecule has 0 saturated heterocycles. The van der Waals surface area contributed by atoms with Crippen molar-refractivity contribution in [3.8, 4) is 17.2 Å². The second kappa shape index (κ2) is 8.26.